The minimum Gasteiger partial charge on any atom is -0.370 e. The monoisotopic (exact) mass is 457 g/mol. The summed E-state index contributed by atoms with van der Waals surface area (Å²) in [5, 5.41) is 4.68. The van der Waals surface area contributed by atoms with Crippen LogP contribution in [0.5, 0.6) is 0 Å². The molecule has 1 amide bonds. The summed E-state index contributed by atoms with van der Waals surface area (Å²) in [4.78, 5) is 19.1. The van der Waals surface area contributed by atoms with Crippen LogP contribution in [-0.2, 0) is 16.4 Å². The Bertz CT molecular complexity index is 884. The lowest BCUT2D eigenvalue weighted by atomic mass is 9.93. The molecule has 30 heavy (non-hydrogen) atoms. The number of piperidine rings is 1. The predicted octanol–water partition coefficient (Wildman–Crippen LogP) is 6.18. The van der Waals surface area contributed by atoms with Gasteiger partial charge in [-0.05, 0) is 37.5 Å². The molecule has 1 aromatic carbocycles. The summed E-state index contributed by atoms with van der Waals surface area (Å²) in [7, 11) is 0. The standard InChI is InChI=1S/C21H26F3N3OS2/c1-20(2,3)17-12-29-19(26-17)30-13-18(28)25-15-11-14(21(22,23)24)7-8-16(15)27-9-5-4-6-10-27/h7-8,11-12H,4-6,9-10,13H2,1-3H3,(H,25,28). The highest BCUT2D eigenvalue weighted by Crippen LogP contribution is 2.36. The molecular weight excluding hydrogens is 431 g/mol. The van der Waals surface area contributed by atoms with Gasteiger partial charge in [0.2, 0.25) is 5.91 Å². The zero-order valence-electron chi connectivity index (χ0n) is 17.3. The Labute approximate surface area is 183 Å². The molecule has 2 heterocycles. The van der Waals surface area contributed by atoms with Gasteiger partial charge in [-0.3, -0.25) is 4.79 Å². The van der Waals surface area contributed by atoms with Gasteiger partial charge < -0.3 is 10.2 Å². The third-order valence-corrected chi connectivity index (χ3v) is 6.89. The van der Waals surface area contributed by atoms with Gasteiger partial charge in [0.05, 0.1) is 28.4 Å². The molecule has 0 spiro atoms. The van der Waals surface area contributed by atoms with E-state index in [0.717, 1.165) is 54.5 Å². The summed E-state index contributed by atoms with van der Waals surface area (Å²) >= 11 is 2.77. The first-order valence-electron chi connectivity index (χ1n) is 9.89. The van der Waals surface area contributed by atoms with Crippen LogP contribution < -0.4 is 10.2 Å². The SMILES string of the molecule is CC(C)(C)c1csc(SCC(=O)Nc2cc(C(F)(F)F)ccc2N2CCCCC2)n1. The van der Waals surface area contributed by atoms with E-state index in [1.807, 2.05) is 10.3 Å². The molecule has 2 aromatic rings. The molecule has 0 unspecified atom stereocenters. The summed E-state index contributed by atoms with van der Waals surface area (Å²) in [5.41, 5.74) is 0.984. The van der Waals surface area contributed by atoms with Crippen LogP contribution in [-0.4, -0.2) is 29.7 Å². The van der Waals surface area contributed by atoms with Crippen molar-refractivity contribution in [3.8, 4) is 0 Å². The van der Waals surface area contributed by atoms with Crippen molar-refractivity contribution in [2.75, 3.05) is 29.1 Å². The predicted molar refractivity (Wildman–Crippen MR) is 118 cm³/mol. The summed E-state index contributed by atoms with van der Waals surface area (Å²) in [5.74, 6) is -0.252. The fourth-order valence-electron chi connectivity index (χ4n) is 3.20. The van der Waals surface area contributed by atoms with E-state index < -0.39 is 11.7 Å². The number of thioether (sulfide) groups is 1. The van der Waals surface area contributed by atoms with Crippen molar-refractivity contribution >= 4 is 40.4 Å². The largest absolute Gasteiger partial charge is 0.416 e. The Hall–Kier alpha value is -1.74. The first-order chi connectivity index (χ1) is 14.0. The number of nitrogens with one attached hydrogen (secondary N) is 1. The molecule has 4 nitrogen and oxygen atoms in total. The fourth-order valence-corrected chi connectivity index (χ4v) is 5.06. The Balaban J connectivity index is 1.72. The summed E-state index contributed by atoms with van der Waals surface area (Å²) in [6, 6.07) is 3.58. The second kappa shape index (κ2) is 9.18. The maximum absolute atomic E-state index is 13.2. The lowest BCUT2D eigenvalue weighted by Gasteiger charge is -2.31. The van der Waals surface area contributed by atoms with Gasteiger partial charge in [-0.15, -0.1) is 11.3 Å². The number of thiazole rings is 1. The fraction of sp³-hybridized carbons (Fsp3) is 0.524. The quantitative estimate of drug-likeness (QED) is 0.545. The Kier molecular flexibility index (Phi) is 7.02. The molecule has 1 N–H and O–H groups in total. The zero-order chi connectivity index (χ0) is 21.9. The lowest BCUT2D eigenvalue weighted by molar-refractivity contribution is -0.137. The van der Waals surface area contributed by atoms with Crippen LogP contribution in [0.25, 0.3) is 0 Å². The molecule has 1 saturated heterocycles. The molecule has 0 bridgehead atoms. The van der Waals surface area contributed by atoms with E-state index in [1.165, 1.54) is 29.2 Å². The minimum absolute atomic E-state index is 0.0705. The van der Waals surface area contributed by atoms with Crippen molar-refractivity contribution in [1.82, 2.24) is 4.98 Å². The number of carbonyl (C=O) groups excluding carboxylic acids is 1. The van der Waals surface area contributed by atoms with Gasteiger partial charge in [-0.25, -0.2) is 4.98 Å². The van der Waals surface area contributed by atoms with E-state index in [9.17, 15) is 18.0 Å². The van der Waals surface area contributed by atoms with Gasteiger partial charge in [-0.2, -0.15) is 13.2 Å². The van der Waals surface area contributed by atoms with Crippen LogP contribution in [0.3, 0.4) is 0 Å². The average Bonchev–Trinajstić information content (AvgIpc) is 3.16. The third kappa shape index (κ3) is 5.91. The topological polar surface area (TPSA) is 45.2 Å². The minimum atomic E-state index is -4.46. The molecule has 0 aliphatic carbocycles. The molecular formula is C21H26F3N3OS2. The lowest BCUT2D eigenvalue weighted by Crippen LogP contribution is -2.30. The number of nitrogens with zero attached hydrogens (tertiary/aromatic N) is 2. The number of alkyl halides is 3. The van der Waals surface area contributed by atoms with Crippen LogP contribution in [0, 0.1) is 0 Å². The van der Waals surface area contributed by atoms with Gasteiger partial charge in [0.1, 0.15) is 0 Å². The number of halogens is 3. The Morgan fingerprint density at radius 1 is 1.20 bits per heavy atom. The number of amides is 1. The van der Waals surface area contributed by atoms with Crippen LogP contribution in [0.1, 0.15) is 51.3 Å². The number of hydrogen-bond donors (Lipinski definition) is 1. The highest BCUT2D eigenvalue weighted by atomic mass is 32.2. The summed E-state index contributed by atoms with van der Waals surface area (Å²) in [6.07, 6.45) is -1.37. The Morgan fingerprint density at radius 2 is 1.90 bits per heavy atom. The van der Waals surface area contributed by atoms with Crippen LogP contribution in [0.4, 0.5) is 24.5 Å². The highest BCUT2D eigenvalue weighted by molar-refractivity contribution is 8.01. The van der Waals surface area contributed by atoms with Crippen molar-refractivity contribution in [1.29, 1.82) is 0 Å². The maximum Gasteiger partial charge on any atom is 0.416 e. The first kappa shape index (κ1) is 22.9. The number of benzene rings is 1. The first-order valence-corrected chi connectivity index (χ1v) is 11.8. The van der Waals surface area contributed by atoms with Gasteiger partial charge in [0, 0.05) is 23.9 Å². The molecule has 164 valence electrons. The van der Waals surface area contributed by atoms with Gasteiger partial charge in [0.15, 0.2) is 4.34 Å². The van der Waals surface area contributed by atoms with Gasteiger partial charge >= 0.3 is 6.18 Å². The van der Waals surface area contributed by atoms with Crippen LogP contribution in [0.2, 0.25) is 0 Å². The molecule has 1 aromatic heterocycles. The smallest absolute Gasteiger partial charge is 0.370 e. The number of rotatable bonds is 5. The molecule has 9 heteroatoms. The number of hydrogen-bond acceptors (Lipinski definition) is 5. The second-order valence-electron chi connectivity index (χ2n) is 8.36. The number of carbonyl (C=O) groups is 1. The van der Waals surface area contributed by atoms with Crippen LogP contribution in [0.15, 0.2) is 27.9 Å². The summed E-state index contributed by atoms with van der Waals surface area (Å²) < 4.78 is 40.4. The molecule has 1 fully saturated rings. The summed E-state index contributed by atoms with van der Waals surface area (Å²) in [6.45, 7) is 7.76. The van der Waals surface area contributed by atoms with E-state index in [0.29, 0.717) is 5.69 Å². The molecule has 0 atom stereocenters. The van der Waals surface area contributed by atoms with Crippen molar-refractivity contribution in [2.24, 2.45) is 0 Å². The van der Waals surface area contributed by atoms with Crippen LogP contribution >= 0.6 is 23.1 Å². The Morgan fingerprint density at radius 3 is 2.50 bits per heavy atom. The zero-order valence-corrected chi connectivity index (χ0v) is 18.9. The molecule has 3 rings (SSSR count). The normalized spacial score (nSPS) is 15.3. The maximum atomic E-state index is 13.2. The second-order valence-corrected chi connectivity index (χ2v) is 10.4. The van der Waals surface area contributed by atoms with Crippen molar-refractivity contribution in [2.45, 2.75) is 56.0 Å². The van der Waals surface area contributed by atoms with Gasteiger partial charge in [0.25, 0.3) is 0 Å². The van der Waals surface area contributed by atoms with Crippen molar-refractivity contribution in [3.05, 3.63) is 34.8 Å². The third-order valence-electron chi connectivity index (χ3n) is 4.87. The molecule has 1 aliphatic rings. The van der Waals surface area contributed by atoms with Gasteiger partial charge in [-0.1, -0.05) is 32.5 Å². The molecule has 0 saturated carbocycles. The molecule has 0 radical (unpaired) electrons. The van der Waals surface area contributed by atoms with E-state index in [2.05, 4.69) is 31.1 Å². The average molecular weight is 458 g/mol. The number of anilines is 2. The number of aromatic nitrogens is 1. The highest BCUT2D eigenvalue weighted by Gasteiger charge is 2.32. The van der Waals surface area contributed by atoms with E-state index >= 15 is 0 Å². The van der Waals surface area contributed by atoms with Crippen molar-refractivity contribution < 1.29 is 18.0 Å². The molecule has 1 aliphatic heterocycles. The van der Waals surface area contributed by atoms with E-state index in [1.54, 1.807) is 0 Å². The van der Waals surface area contributed by atoms with E-state index in [4.69, 9.17) is 0 Å². The van der Waals surface area contributed by atoms with E-state index in [-0.39, 0.29) is 22.8 Å². The van der Waals surface area contributed by atoms with Crippen molar-refractivity contribution in [3.63, 3.8) is 0 Å².